The molecule has 5 heteroatoms. The number of hydrogen-bond donors (Lipinski definition) is 1. The number of benzene rings is 1. The number of para-hydroxylation sites is 1. The van der Waals surface area contributed by atoms with E-state index in [0.717, 1.165) is 66.2 Å². The van der Waals surface area contributed by atoms with Gasteiger partial charge in [-0.2, -0.15) is 0 Å². The Balaban J connectivity index is 1.35. The number of hydrogen-bond acceptors (Lipinski definition) is 4. The zero-order chi connectivity index (χ0) is 18.2. The van der Waals surface area contributed by atoms with Crippen LogP contribution in [0.15, 0.2) is 39.5 Å². The van der Waals surface area contributed by atoms with Crippen molar-refractivity contribution in [1.82, 2.24) is 14.9 Å². The summed E-state index contributed by atoms with van der Waals surface area (Å²) in [5, 5.41) is 1.13. The van der Waals surface area contributed by atoms with Crippen molar-refractivity contribution in [2.24, 2.45) is 0 Å². The maximum Gasteiger partial charge on any atom is 0.255 e. The van der Waals surface area contributed by atoms with Gasteiger partial charge in [-0.3, -0.25) is 9.69 Å². The van der Waals surface area contributed by atoms with Crippen molar-refractivity contribution >= 4 is 11.0 Å². The lowest BCUT2D eigenvalue weighted by molar-refractivity contribution is 0.224. The van der Waals surface area contributed by atoms with Crippen LogP contribution in [0.5, 0.6) is 0 Å². The molecule has 1 N–H and O–H groups in total. The predicted molar refractivity (Wildman–Crippen MR) is 105 cm³/mol. The van der Waals surface area contributed by atoms with Crippen LogP contribution in [0.4, 0.5) is 0 Å². The second-order valence-corrected chi connectivity index (χ2v) is 7.92. The maximum absolute atomic E-state index is 12.7. The molecule has 0 radical (unpaired) electrons. The summed E-state index contributed by atoms with van der Waals surface area (Å²) in [7, 11) is 0. The van der Waals surface area contributed by atoms with Gasteiger partial charge in [-0.1, -0.05) is 37.5 Å². The van der Waals surface area contributed by atoms with Crippen LogP contribution in [-0.4, -0.2) is 21.4 Å². The van der Waals surface area contributed by atoms with Gasteiger partial charge in [-0.15, -0.1) is 0 Å². The summed E-state index contributed by atoms with van der Waals surface area (Å²) in [4.78, 5) is 23.0. The number of aromatic nitrogens is 2. The van der Waals surface area contributed by atoms with E-state index in [1.807, 2.05) is 18.2 Å². The first-order valence-electron chi connectivity index (χ1n) is 10.1. The molecule has 1 fully saturated rings. The van der Waals surface area contributed by atoms with E-state index in [4.69, 9.17) is 9.40 Å². The van der Waals surface area contributed by atoms with Crippen LogP contribution in [0, 0.1) is 0 Å². The molecule has 1 saturated carbocycles. The van der Waals surface area contributed by atoms with Gasteiger partial charge in [-0.05, 0) is 25.0 Å². The van der Waals surface area contributed by atoms with Crippen molar-refractivity contribution in [3.05, 3.63) is 63.5 Å². The molecule has 2 aromatic heterocycles. The normalized spacial score (nSPS) is 18.7. The molecule has 0 atom stereocenters. The fourth-order valence-electron chi connectivity index (χ4n) is 4.54. The second-order valence-electron chi connectivity index (χ2n) is 7.92. The first-order chi connectivity index (χ1) is 13.3. The number of fused-ring (bicyclic) bond motifs is 2. The van der Waals surface area contributed by atoms with Crippen molar-refractivity contribution in [2.75, 3.05) is 6.54 Å². The van der Waals surface area contributed by atoms with Crippen molar-refractivity contribution in [3.63, 3.8) is 0 Å². The lowest BCUT2D eigenvalue weighted by Gasteiger charge is -2.28. The standard InChI is InChI=1S/C22H25N3O2/c26-22-18-14-25(13-17-12-16-8-4-5-9-20(16)27-17)11-10-19(18)23-21(24-22)15-6-2-1-3-7-15/h4-5,8-9,12,15H,1-3,6-7,10-11,13-14H2,(H,23,24,26). The molecule has 5 nitrogen and oxygen atoms in total. The molecule has 1 aliphatic heterocycles. The molecule has 3 heterocycles. The second kappa shape index (κ2) is 6.97. The number of rotatable bonds is 3. The summed E-state index contributed by atoms with van der Waals surface area (Å²) in [6, 6.07) is 10.2. The maximum atomic E-state index is 12.7. The van der Waals surface area contributed by atoms with Crippen LogP contribution in [-0.2, 0) is 19.5 Å². The van der Waals surface area contributed by atoms with Crippen molar-refractivity contribution in [3.8, 4) is 0 Å². The molecule has 0 bridgehead atoms. The fraction of sp³-hybridized carbons (Fsp3) is 0.455. The molecule has 140 valence electrons. The van der Waals surface area contributed by atoms with Gasteiger partial charge in [0.2, 0.25) is 0 Å². The Labute approximate surface area is 158 Å². The average molecular weight is 363 g/mol. The zero-order valence-electron chi connectivity index (χ0n) is 15.5. The van der Waals surface area contributed by atoms with Crippen LogP contribution < -0.4 is 5.56 Å². The Kier molecular flexibility index (Phi) is 4.32. The quantitative estimate of drug-likeness (QED) is 0.760. The lowest BCUT2D eigenvalue weighted by Crippen LogP contribution is -2.36. The van der Waals surface area contributed by atoms with Crippen LogP contribution in [0.2, 0.25) is 0 Å². The summed E-state index contributed by atoms with van der Waals surface area (Å²) in [5.41, 5.74) is 2.80. The highest BCUT2D eigenvalue weighted by Gasteiger charge is 2.25. The minimum Gasteiger partial charge on any atom is -0.460 e. The fourth-order valence-corrected chi connectivity index (χ4v) is 4.54. The Morgan fingerprint density at radius 1 is 1.19 bits per heavy atom. The molecule has 0 spiro atoms. The molecule has 2 aliphatic rings. The van der Waals surface area contributed by atoms with Crippen molar-refractivity contribution in [2.45, 2.75) is 57.5 Å². The average Bonchev–Trinajstić information content (AvgIpc) is 3.11. The summed E-state index contributed by atoms with van der Waals surface area (Å²) >= 11 is 0. The Morgan fingerprint density at radius 3 is 2.89 bits per heavy atom. The van der Waals surface area contributed by atoms with Crippen molar-refractivity contribution in [1.29, 1.82) is 0 Å². The first-order valence-corrected chi connectivity index (χ1v) is 10.1. The molecule has 3 aromatic rings. The minimum atomic E-state index is 0.0508. The van der Waals surface area contributed by atoms with Gasteiger partial charge in [0.15, 0.2) is 0 Å². The van der Waals surface area contributed by atoms with Gasteiger partial charge >= 0.3 is 0 Å². The van der Waals surface area contributed by atoms with E-state index in [-0.39, 0.29) is 5.56 Å². The SMILES string of the molecule is O=c1[nH]c(C2CCCCC2)nc2c1CN(Cc1cc3ccccc3o1)CC2. The third-order valence-electron chi connectivity index (χ3n) is 6.01. The predicted octanol–water partition coefficient (Wildman–Crippen LogP) is 4.12. The number of nitrogens with zero attached hydrogens (tertiary/aromatic N) is 2. The van der Waals surface area contributed by atoms with E-state index in [9.17, 15) is 4.79 Å². The Bertz CT molecular complexity index is 981. The molecule has 1 aliphatic carbocycles. The van der Waals surface area contributed by atoms with Gasteiger partial charge in [0.05, 0.1) is 17.8 Å². The van der Waals surface area contributed by atoms with Crippen LogP contribution in [0.3, 0.4) is 0 Å². The smallest absolute Gasteiger partial charge is 0.255 e. The Hall–Kier alpha value is -2.40. The van der Waals surface area contributed by atoms with E-state index >= 15 is 0 Å². The largest absolute Gasteiger partial charge is 0.460 e. The Morgan fingerprint density at radius 2 is 2.04 bits per heavy atom. The summed E-state index contributed by atoms with van der Waals surface area (Å²) in [6.45, 7) is 2.27. The van der Waals surface area contributed by atoms with Gasteiger partial charge in [-0.25, -0.2) is 4.98 Å². The van der Waals surface area contributed by atoms with E-state index in [0.29, 0.717) is 12.5 Å². The number of nitrogens with one attached hydrogen (secondary N) is 1. The third-order valence-corrected chi connectivity index (χ3v) is 6.01. The lowest BCUT2D eigenvalue weighted by atomic mass is 9.88. The van der Waals surface area contributed by atoms with E-state index in [2.05, 4.69) is 22.0 Å². The van der Waals surface area contributed by atoms with Crippen LogP contribution >= 0.6 is 0 Å². The van der Waals surface area contributed by atoms with E-state index in [1.165, 1.54) is 19.3 Å². The molecule has 0 unspecified atom stereocenters. The summed E-state index contributed by atoms with van der Waals surface area (Å²) < 4.78 is 5.94. The topological polar surface area (TPSA) is 62.1 Å². The van der Waals surface area contributed by atoms with E-state index in [1.54, 1.807) is 0 Å². The van der Waals surface area contributed by atoms with Gasteiger partial charge in [0, 0.05) is 30.8 Å². The van der Waals surface area contributed by atoms with Gasteiger partial charge in [0.1, 0.15) is 17.2 Å². The summed E-state index contributed by atoms with van der Waals surface area (Å²) in [5.74, 6) is 2.30. The molecular weight excluding hydrogens is 338 g/mol. The molecular formula is C22H25N3O2. The van der Waals surface area contributed by atoms with Crippen LogP contribution in [0.25, 0.3) is 11.0 Å². The number of aromatic amines is 1. The third kappa shape index (κ3) is 3.32. The highest BCUT2D eigenvalue weighted by atomic mass is 16.3. The number of furan rings is 1. The summed E-state index contributed by atoms with van der Waals surface area (Å²) in [6.07, 6.45) is 6.94. The first kappa shape index (κ1) is 16.8. The highest BCUT2D eigenvalue weighted by Crippen LogP contribution is 2.31. The molecule has 1 aromatic carbocycles. The van der Waals surface area contributed by atoms with Gasteiger partial charge < -0.3 is 9.40 Å². The molecule has 27 heavy (non-hydrogen) atoms. The van der Waals surface area contributed by atoms with E-state index < -0.39 is 0 Å². The highest BCUT2D eigenvalue weighted by molar-refractivity contribution is 5.77. The van der Waals surface area contributed by atoms with Crippen molar-refractivity contribution < 1.29 is 4.42 Å². The van der Waals surface area contributed by atoms with Gasteiger partial charge in [0.25, 0.3) is 5.56 Å². The van der Waals surface area contributed by atoms with Crippen LogP contribution in [0.1, 0.15) is 60.9 Å². The number of H-pyrrole nitrogens is 1. The molecule has 0 saturated heterocycles. The monoisotopic (exact) mass is 363 g/mol. The molecule has 0 amide bonds. The zero-order valence-corrected chi connectivity index (χ0v) is 15.5. The molecule has 5 rings (SSSR count). The minimum absolute atomic E-state index is 0.0508.